The molecule has 0 aliphatic heterocycles. The molecule has 2 aromatic rings. The Morgan fingerprint density at radius 3 is 2.56 bits per heavy atom. The van der Waals surface area contributed by atoms with Crippen LogP contribution in [0, 0.1) is 17.8 Å². The van der Waals surface area contributed by atoms with E-state index in [-0.39, 0.29) is 0 Å². The van der Waals surface area contributed by atoms with Crippen molar-refractivity contribution in [3.05, 3.63) is 49.1 Å². The summed E-state index contributed by atoms with van der Waals surface area (Å²) in [6.07, 6.45) is 7.78. The summed E-state index contributed by atoms with van der Waals surface area (Å²) in [6, 6.07) is 7.36. The monoisotopic (exact) mass is 438 g/mol. The number of thiophene rings is 1. The maximum absolute atomic E-state index is 6.17. The van der Waals surface area contributed by atoms with Crippen molar-refractivity contribution in [2.24, 2.45) is 11.0 Å². The lowest BCUT2D eigenvalue weighted by Crippen LogP contribution is -2.04. The third-order valence-corrected chi connectivity index (χ3v) is 6.56. The predicted molar refractivity (Wildman–Crippen MR) is 120 cm³/mol. The average molecular weight is 440 g/mol. The highest BCUT2D eigenvalue weighted by Crippen LogP contribution is 2.33. The molecule has 0 radical (unpaired) electrons. The van der Waals surface area contributed by atoms with E-state index in [2.05, 4.69) is 28.4 Å². The lowest BCUT2D eigenvalue weighted by molar-refractivity contribution is 0.365. The molecule has 0 spiro atoms. The fraction of sp³-hybridized carbons (Fsp3) is 0.381. The van der Waals surface area contributed by atoms with E-state index in [1.807, 2.05) is 13.0 Å². The lowest BCUT2D eigenvalue weighted by Gasteiger charge is -2.18. The largest absolute Gasteiger partial charge is 0.275 e. The second-order valence-corrected chi connectivity index (χ2v) is 9.06. The molecule has 0 saturated heterocycles. The fourth-order valence-electron chi connectivity index (χ4n) is 3.12. The van der Waals surface area contributed by atoms with Gasteiger partial charge >= 0.3 is 0 Å². The molecule has 1 fully saturated rings. The summed E-state index contributed by atoms with van der Waals surface area (Å²) in [4.78, 5) is 2.13. The molecule has 1 aliphatic carbocycles. The molecule has 27 heavy (non-hydrogen) atoms. The van der Waals surface area contributed by atoms with Crippen molar-refractivity contribution < 1.29 is 0 Å². The smallest absolute Gasteiger partial charge is 0.0935 e. The molecule has 1 aromatic carbocycles. The van der Waals surface area contributed by atoms with Crippen LogP contribution in [0.1, 0.15) is 55.2 Å². The predicted octanol–water partition coefficient (Wildman–Crippen LogP) is 7.87. The van der Waals surface area contributed by atoms with Crippen LogP contribution in [0.2, 0.25) is 15.1 Å². The second-order valence-electron chi connectivity index (χ2n) is 6.73. The zero-order valence-electron chi connectivity index (χ0n) is 15.1. The van der Waals surface area contributed by atoms with Crippen molar-refractivity contribution in [2.75, 3.05) is 5.43 Å². The molecule has 1 aliphatic rings. The van der Waals surface area contributed by atoms with Gasteiger partial charge in [-0.15, -0.1) is 11.3 Å². The standard InChI is InChI=1S/C21H21Cl3N2S/c1-14(25-26-21-18(23)12-16(22)13-19(21)24)20-11-10-17(27-20)9-5-8-15-6-3-2-4-7-15/h10-13,15,26H,2-4,6-8H2,1H3/b25-14-. The number of benzene rings is 1. The quantitative estimate of drug-likeness (QED) is 0.292. The molecule has 1 saturated carbocycles. The first-order chi connectivity index (χ1) is 13.0. The van der Waals surface area contributed by atoms with Gasteiger partial charge in [-0.25, -0.2) is 0 Å². The Labute approximate surface area is 179 Å². The van der Waals surface area contributed by atoms with Crippen molar-refractivity contribution in [3.63, 3.8) is 0 Å². The third kappa shape index (κ3) is 5.90. The molecule has 6 heteroatoms. The van der Waals surface area contributed by atoms with Gasteiger partial charge in [0, 0.05) is 11.4 Å². The second kappa shape index (κ2) is 9.85. The van der Waals surface area contributed by atoms with E-state index in [9.17, 15) is 0 Å². The molecular weight excluding hydrogens is 419 g/mol. The fourth-order valence-corrected chi connectivity index (χ4v) is 4.84. The van der Waals surface area contributed by atoms with Gasteiger partial charge in [-0.3, -0.25) is 5.43 Å². The Morgan fingerprint density at radius 2 is 1.85 bits per heavy atom. The van der Waals surface area contributed by atoms with E-state index in [1.165, 1.54) is 32.1 Å². The first-order valence-electron chi connectivity index (χ1n) is 9.07. The van der Waals surface area contributed by atoms with Crippen LogP contribution >= 0.6 is 46.1 Å². The SMILES string of the molecule is C/C(=N/Nc1c(Cl)cc(Cl)cc1Cl)c1ccc(C#CCC2CCCCC2)s1. The van der Waals surface area contributed by atoms with Crippen molar-refractivity contribution in [3.8, 4) is 11.8 Å². The van der Waals surface area contributed by atoms with Crippen LogP contribution in [0.15, 0.2) is 29.4 Å². The van der Waals surface area contributed by atoms with E-state index in [4.69, 9.17) is 34.8 Å². The minimum absolute atomic E-state index is 0.435. The number of nitrogens with one attached hydrogen (secondary N) is 1. The highest BCUT2D eigenvalue weighted by Gasteiger charge is 2.11. The zero-order valence-corrected chi connectivity index (χ0v) is 18.2. The normalized spacial score (nSPS) is 15.3. The maximum atomic E-state index is 6.17. The van der Waals surface area contributed by atoms with Crippen LogP contribution in [0.3, 0.4) is 0 Å². The van der Waals surface area contributed by atoms with E-state index < -0.39 is 0 Å². The topological polar surface area (TPSA) is 24.4 Å². The van der Waals surface area contributed by atoms with Gasteiger partial charge in [-0.2, -0.15) is 5.10 Å². The summed E-state index contributed by atoms with van der Waals surface area (Å²) in [7, 11) is 0. The number of nitrogens with zero attached hydrogens (tertiary/aromatic N) is 1. The van der Waals surface area contributed by atoms with Gasteiger partial charge in [-0.1, -0.05) is 65.9 Å². The van der Waals surface area contributed by atoms with E-state index in [0.717, 1.165) is 27.8 Å². The molecule has 142 valence electrons. The summed E-state index contributed by atoms with van der Waals surface area (Å²) in [5, 5.41) is 5.76. The van der Waals surface area contributed by atoms with Crippen molar-refractivity contribution in [1.82, 2.24) is 0 Å². The Morgan fingerprint density at radius 1 is 1.15 bits per heavy atom. The van der Waals surface area contributed by atoms with Crippen molar-refractivity contribution in [1.29, 1.82) is 0 Å². The minimum Gasteiger partial charge on any atom is -0.275 e. The molecular formula is C21H21Cl3N2S. The zero-order chi connectivity index (χ0) is 19.2. The van der Waals surface area contributed by atoms with E-state index in [0.29, 0.717) is 20.8 Å². The first kappa shape index (κ1) is 20.6. The summed E-state index contributed by atoms with van der Waals surface area (Å²) in [6.45, 7) is 1.94. The molecule has 1 aromatic heterocycles. The molecule has 0 amide bonds. The summed E-state index contributed by atoms with van der Waals surface area (Å²) in [5.74, 6) is 7.45. The number of rotatable bonds is 4. The number of hydrogen-bond donors (Lipinski definition) is 1. The number of halogens is 3. The average Bonchev–Trinajstić information content (AvgIpc) is 3.10. The maximum Gasteiger partial charge on any atom is 0.0935 e. The first-order valence-corrected chi connectivity index (χ1v) is 11.0. The minimum atomic E-state index is 0.435. The van der Waals surface area contributed by atoms with Gasteiger partial charge < -0.3 is 0 Å². The van der Waals surface area contributed by atoms with Crippen LogP contribution < -0.4 is 5.43 Å². The van der Waals surface area contributed by atoms with Crippen LogP contribution in [0.4, 0.5) is 5.69 Å². The van der Waals surface area contributed by atoms with E-state index in [1.54, 1.807) is 23.5 Å². The van der Waals surface area contributed by atoms with Gasteiger partial charge in [0.15, 0.2) is 0 Å². The Hall–Kier alpha value is -1.18. The van der Waals surface area contributed by atoms with Crippen LogP contribution in [0.5, 0.6) is 0 Å². The summed E-state index contributed by atoms with van der Waals surface area (Å²) in [5.41, 5.74) is 4.33. The van der Waals surface area contributed by atoms with Gasteiger partial charge in [0.05, 0.1) is 31.2 Å². The number of anilines is 1. The van der Waals surface area contributed by atoms with Gasteiger partial charge in [-0.05, 0) is 49.9 Å². The van der Waals surface area contributed by atoms with Crippen molar-refractivity contribution >= 4 is 57.5 Å². The van der Waals surface area contributed by atoms with Crippen LogP contribution in [-0.2, 0) is 0 Å². The van der Waals surface area contributed by atoms with Crippen molar-refractivity contribution in [2.45, 2.75) is 45.4 Å². The Bertz CT molecular complexity index is 863. The van der Waals surface area contributed by atoms with Crippen LogP contribution in [-0.4, -0.2) is 5.71 Å². The summed E-state index contributed by atoms with van der Waals surface area (Å²) >= 11 is 19.9. The van der Waals surface area contributed by atoms with Gasteiger partial charge in [0.2, 0.25) is 0 Å². The van der Waals surface area contributed by atoms with Gasteiger partial charge in [0.25, 0.3) is 0 Å². The molecule has 3 rings (SSSR count). The highest BCUT2D eigenvalue weighted by atomic mass is 35.5. The third-order valence-electron chi connectivity index (χ3n) is 4.63. The number of hydrogen-bond acceptors (Lipinski definition) is 3. The van der Waals surface area contributed by atoms with E-state index >= 15 is 0 Å². The van der Waals surface area contributed by atoms with Crippen LogP contribution in [0.25, 0.3) is 0 Å². The molecule has 1 N–H and O–H groups in total. The Kier molecular flexibility index (Phi) is 7.49. The number of hydrazone groups is 1. The molecule has 0 unspecified atom stereocenters. The molecule has 2 nitrogen and oxygen atoms in total. The molecule has 0 atom stereocenters. The summed E-state index contributed by atoms with van der Waals surface area (Å²) < 4.78 is 0. The molecule has 1 heterocycles. The van der Waals surface area contributed by atoms with Gasteiger partial charge in [0.1, 0.15) is 0 Å². The highest BCUT2D eigenvalue weighted by molar-refractivity contribution is 7.14. The lowest BCUT2D eigenvalue weighted by atomic mass is 9.87. The molecule has 0 bridgehead atoms. The Balaban J connectivity index is 1.63.